The molecule has 1 aliphatic heterocycles. The van der Waals surface area contributed by atoms with Gasteiger partial charge in [0.2, 0.25) is 11.8 Å². The van der Waals surface area contributed by atoms with Gasteiger partial charge in [-0.3, -0.25) is 14.3 Å². The van der Waals surface area contributed by atoms with E-state index in [1.165, 1.54) is 12.6 Å². The first-order valence-corrected chi connectivity index (χ1v) is 10.9. The first-order valence-electron chi connectivity index (χ1n) is 10.5. The molecular weight excluding hydrogens is 402 g/mol. The van der Waals surface area contributed by atoms with Crippen molar-refractivity contribution in [2.24, 2.45) is 11.3 Å². The van der Waals surface area contributed by atoms with Crippen LogP contribution in [0.3, 0.4) is 0 Å². The summed E-state index contributed by atoms with van der Waals surface area (Å²) < 4.78 is 2.04. The predicted octanol–water partition coefficient (Wildman–Crippen LogP) is 3.81. The smallest absolute Gasteiger partial charge is 0.225 e. The molecule has 2 N–H and O–H groups in total. The van der Waals surface area contributed by atoms with Crippen LogP contribution in [-0.2, 0) is 22.6 Å². The first kappa shape index (κ1) is 20.8. The van der Waals surface area contributed by atoms with E-state index in [0.717, 1.165) is 43.4 Å². The molecule has 1 aliphatic carbocycles. The van der Waals surface area contributed by atoms with Crippen molar-refractivity contribution in [1.29, 1.82) is 0 Å². The minimum absolute atomic E-state index is 0.0157. The maximum Gasteiger partial charge on any atom is 0.225 e. The molecule has 0 bridgehead atoms. The molecule has 0 radical (unpaired) electrons. The Balaban J connectivity index is 1.43. The topological polar surface area (TPSA) is 88.9 Å². The van der Waals surface area contributed by atoms with Crippen molar-refractivity contribution in [3.63, 3.8) is 0 Å². The summed E-state index contributed by atoms with van der Waals surface area (Å²) in [6.45, 7) is 6.87. The maximum atomic E-state index is 12.6. The van der Waals surface area contributed by atoms with Gasteiger partial charge in [0.05, 0.1) is 11.2 Å². The molecule has 2 unspecified atom stereocenters. The van der Waals surface area contributed by atoms with Crippen LogP contribution in [0.5, 0.6) is 0 Å². The summed E-state index contributed by atoms with van der Waals surface area (Å²) in [6, 6.07) is 2.01. The Morgan fingerprint density at radius 2 is 2.07 bits per heavy atom. The molecule has 30 heavy (non-hydrogen) atoms. The van der Waals surface area contributed by atoms with Crippen molar-refractivity contribution in [3.05, 3.63) is 29.2 Å². The molecule has 2 aromatic heterocycles. The zero-order valence-electron chi connectivity index (χ0n) is 17.7. The van der Waals surface area contributed by atoms with Crippen molar-refractivity contribution < 1.29 is 9.59 Å². The molecule has 0 saturated heterocycles. The molecule has 2 aromatic rings. The van der Waals surface area contributed by atoms with Crippen LogP contribution in [0, 0.1) is 11.3 Å². The number of aromatic nitrogens is 3. The summed E-state index contributed by atoms with van der Waals surface area (Å²) in [5, 5.41) is 10.9. The summed E-state index contributed by atoms with van der Waals surface area (Å²) in [4.78, 5) is 28.1. The second-order valence-corrected chi connectivity index (χ2v) is 9.79. The number of nitrogens with zero attached hydrogens (tertiary/aromatic N) is 3. The predicted molar refractivity (Wildman–Crippen MR) is 116 cm³/mol. The number of carbonyl (C=O) groups excluding carboxylic acids is 2. The summed E-state index contributed by atoms with van der Waals surface area (Å²) in [7, 11) is 0. The molecule has 2 atom stereocenters. The van der Waals surface area contributed by atoms with Gasteiger partial charge >= 0.3 is 0 Å². The van der Waals surface area contributed by atoms with Crippen molar-refractivity contribution in [2.75, 3.05) is 5.32 Å². The average Bonchev–Trinajstić information content (AvgIpc) is 3.30. The quantitative estimate of drug-likeness (QED) is 0.756. The molecule has 0 spiro atoms. The van der Waals surface area contributed by atoms with Gasteiger partial charge in [0.1, 0.15) is 5.82 Å². The third-order valence-corrected chi connectivity index (χ3v) is 6.31. The average molecular weight is 430 g/mol. The van der Waals surface area contributed by atoms with Gasteiger partial charge in [0, 0.05) is 48.9 Å². The van der Waals surface area contributed by atoms with E-state index in [0.29, 0.717) is 17.3 Å². The fourth-order valence-electron chi connectivity index (χ4n) is 4.72. The second-order valence-electron chi connectivity index (χ2n) is 9.38. The van der Waals surface area contributed by atoms with Crippen LogP contribution in [0.25, 0.3) is 11.1 Å². The molecule has 2 amide bonds. The number of rotatable bonds is 5. The lowest BCUT2D eigenvalue weighted by molar-refractivity contribution is -0.119. The van der Waals surface area contributed by atoms with E-state index in [2.05, 4.69) is 34.6 Å². The van der Waals surface area contributed by atoms with Crippen LogP contribution < -0.4 is 10.6 Å². The number of anilines is 1. The summed E-state index contributed by atoms with van der Waals surface area (Å²) >= 11 is 6.45. The van der Waals surface area contributed by atoms with E-state index in [4.69, 9.17) is 11.6 Å². The van der Waals surface area contributed by atoms with Crippen LogP contribution in [0.1, 0.15) is 52.1 Å². The molecule has 0 aromatic carbocycles. The summed E-state index contributed by atoms with van der Waals surface area (Å²) in [6.07, 6.45) is 7.48. The second kappa shape index (κ2) is 8.02. The van der Waals surface area contributed by atoms with Crippen molar-refractivity contribution >= 4 is 29.2 Å². The van der Waals surface area contributed by atoms with Gasteiger partial charge in [-0.05, 0) is 43.1 Å². The van der Waals surface area contributed by atoms with Gasteiger partial charge in [0.15, 0.2) is 0 Å². The molecule has 2 aliphatic rings. The molecule has 4 rings (SSSR count). The van der Waals surface area contributed by atoms with Crippen LogP contribution in [0.2, 0.25) is 5.02 Å². The van der Waals surface area contributed by atoms with Crippen LogP contribution in [0.15, 0.2) is 18.5 Å². The monoisotopic (exact) mass is 429 g/mol. The maximum absolute atomic E-state index is 12.6. The number of pyridine rings is 1. The number of hydrogen-bond acceptors (Lipinski definition) is 4. The molecular formula is C22H28ClN5O2. The number of hydrogen-bond donors (Lipinski definition) is 2. The molecule has 3 heterocycles. The van der Waals surface area contributed by atoms with Crippen molar-refractivity contribution in [2.45, 2.75) is 65.5 Å². The van der Waals surface area contributed by atoms with Gasteiger partial charge in [-0.15, -0.1) is 0 Å². The highest BCUT2D eigenvalue weighted by molar-refractivity contribution is 6.33. The SMILES string of the molecule is CC(=O)NC1CCC(CC(=O)Nc2cc(-c3cnn4c3CC(C)(C)C4)c(Cl)cn2)C1. The van der Waals surface area contributed by atoms with Gasteiger partial charge < -0.3 is 10.6 Å². The summed E-state index contributed by atoms with van der Waals surface area (Å²) in [5.41, 5.74) is 3.18. The zero-order valence-corrected chi connectivity index (χ0v) is 18.4. The summed E-state index contributed by atoms with van der Waals surface area (Å²) in [5.74, 6) is 0.687. The van der Waals surface area contributed by atoms with Crippen LogP contribution in [0.4, 0.5) is 5.82 Å². The van der Waals surface area contributed by atoms with E-state index in [9.17, 15) is 9.59 Å². The fraction of sp³-hybridized carbons (Fsp3) is 0.545. The Hall–Kier alpha value is -2.41. The first-order chi connectivity index (χ1) is 14.2. The lowest BCUT2D eigenvalue weighted by Gasteiger charge is -2.15. The number of nitrogens with one attached hydrogen (secondary N) is 2. The number of fused-ring (bicyclic) bond motifs is 1. The lowest BCUT2D eigenvalue weighted by Crippen LogP contribution is -2.30. The van der Waals surface area contributed by atoms with Crippen molar-refractivity contribution in [1.82, 2.24) is 20.1 Å². The highest BCUT2D eigenvalue weighted by Crippen LogP contribution is 2.39. The van der Waals surface area contributed by atoms with Gasteiger partial charge in [-0.2, -0.15) is 5.10 Å². The van der Waals surface area contributed by atoms with Crippen LogP contribution >= 0.6 is 11.6 Å². The molecule has 8 heteroatoms. The zero-order chi connectivity index (χ0) is 21.5. The Bertz CT molecular complexity index is 984. The molecule has 7 nitrogen and oxygen atoms in total. The third kappa shape index (κ3) is 4.51. The van der Waals surface area contributed by atoms with Gasteiger partial charge in [0.25, 0.3) is 0 Å². The Morgan fingerprint density at radius 3 is 2.83 bits per heavy atom. The fourth-order valence-corrected chi connectivity index (χ4v) is 4.93. The van der Waals surface area contributed by atoms with Gasteiger partial charge in [-0.1, -0.05) is 25.4 Å². The van der Waals surface area contributed by atoms with E-state index in [1.54, 1.807) is 6.20 Å². The molecule has 1 saturated carbocycles. The lowest BCUT2D eigenvalue weighted by atomic mass is 9.89. The largest absolute Gasteiger partial charge is 0.354 e. The van der Waals surface area contributed by atoms with E-state index < -0.39 is 0 Å². The Kier molecular flexibility index (Phi) is 5.57. The minimum atomic E-state index is -0.0642. The van der Waals surface area contributed by atoms with E-state index >= 15 is 0 Å². The molecule has 1 fully saturated rings. The minimum Gasteiger partial charge on any atom is -0.354 e. The number of halogens is 1. The van der Waals surface area contributed by atoms with E-state index in [-0.39, 0.29) is 29.2 Å². The number of carbonyl (C=O) groups is 2. The van der Waals surface area contributed by atoms with Crippen molar-refractivity contribution in [3.8, 4) is 11.1 Å². The molecule has 160 valence electrons. The van der Waals surface area contributed by atoms with Crippen LogP contribution in [-0.4, -0.2) is 32.6 Å². The Morgan fingerprint density at radius 1 is 1.27 bits per heavy atom. The standard InChI is InChI=1S/C22H28ClN5O2/c1-13(29)26-15-5-4-14(6-15)7-21(30)27-20-8-16(18(23)11-24-20)17-10-25-28-12-22(2,3)9-19(17)28/h8,10-11,14-15H,4-7,9,12H2,1-3H3,(H,26,29)(H,24,27,30). The third-order valence-electron chi connectivity index (χ3n) is 6.01. The number of amides is 2. The van der Waals surface area contributed by atoms with Gasteiger partial charge in [-0.25, -0.2) is 4.98 Å². The van der Waals surface area contributed by atoms with E-state index in [1.807, 2.05) is 16.9 Å². The Labute approximate surface area is 181 Å². The normalized spacial score (nSPS) is 22.0. The highest BCUT2D eigenvalue weighted by atomic mass is 35.5. The highest BCUT2D eigenvalue weighted by Gasteiger charge is 2.32.